The van der Waals surface area contributed by atoms with E-state index in [1.165, 1.54) is 31.9 Å². The molecule has 1 N–H and O–H groups in total. The maximum atomic E-state index is 11.2. The van der Waals surface area contributed by atoms with Crippen LogP contribution >= 0.6 is 0 Å². The van der Waals surface area contributed by atoms with Crippen molar-refractivity contribution in [3.8, 4) is 0 Å². The fourth-order valence-corrected chi connectivity index (χ4v) is 2.09. The van der Waals surface area contributed by atoms with Crippen LogP contribution in [0, 0.1) is 0 Å². The number of carbonyl (C=O) groups is 1. The number of rotatable bonds is 14. The van der Waals surface area contributed by atoms with E-state index in [1.54, 1.807) is 0 Å². The van der Waals surface area contributed by atoms with Crippen molar-refractivity contribution in [1.82, 2.24) is 5.32 Å². The first-order valence-corrected chi connectivity index (χ1v) is 8.66. The zero-order valence-electron chi connectivity index (χ0n) is 14.2. The first-order chi connectivity index (χ1) is 10.8. The molecule has 2 heteroatoms. The summed E-state index contributed by atoms with van der Waals surface area (Å²) in [6, 6.07) is 0. The van der Waals surface area contributed by atoms with E-state index in [4.69, 9.17) is 0 Å². The average molecular weight is 303 g/mol. The van der Waals surface area contributed by atoms with Gasteiger partial charge in [0.1, 0.15) is 0 Å². The minimum Gasteiger partial charge on any atom is -0.333 e. The van der Waals surface area contributed by atoms with Crippen molar-refractivity contribution < 1.29 is 4.79 Å². The highest BCUT2D eigenvalue weighted by atomic mass is 16.1. The van der Waals surface area contributed by atoms with Crippen molar-refractivity contribution >= 4 is 5.91 Å². The summed E-state index contributed by atoms with van der Waals surface area (Å²) in [6.45, 7) is 5.63. The molecule has 0 saturated heterocycles. The minimum absolute atomic E-state index is 0.0798. The molecule has 2 nitrogen and oxygen atoms in total. The van der Waals surface area contributed by atoms with Crippen molar-refractivity contribution in [2.24, 2.45) is 0 Å². The maximum Gasteiger partial charge on any atom is 0.223 e. The molecule has 1 amide bonds. The zero-order chi connectivity index (χ0) is 16.3. The summed E-state index contributed by atoms with van der Waals surface area (Å²) in [7, 11) is 0. The SMILES string of the molecule is C=CNC(=O)CCCCCCCC=CCC=CCC=CCC. The van der Waals surface area contributed by atoms with Crippen molar-refractivity contribution in [2.45, 2.75) is 71.1 Å². The van der Waals surface area contributed by atoms with Crippen LogP contribution in [-0.4, -0.2) is 5.91 Å². The monoisotopic (exact) mass is 303 g/mol. The zero-order valence-corrected chi connectivity index (χ0v) is 14.2. The van der Waals surface area contributed by atoms with Gasteiger partial charge in [0.2, 0.25) is 5.91 Å². The van der Waals surface area contributed by atoms with Gasteiger partial charge in [-0.1, -0.05) is 69.2 Å². The summed E-state index contributed by atoms with van der Waals surface area (Å²) in [6.07, 6.45) is 25.7. The van der Waals surface area contributed by atoms with E-state index >= 15 is 0 Å². The van der Waals surface area contributed by atoms with Crippen molar-refractivity contribution in [3.63, 3.8) is 0 Å². The van der Waals surface area contributed by atoms with Crippen LogP contribution < -0.4 is 5.32 Å². The molecule has 22 heavy (non-hydrogen) atoms. The van der Waals surface area contributed by atoms with Crippen LogP contribution in [0.3, 0.4) is 0 Å². The molecule has 0 bridgehead atoms. The molecule has 0 rings (SSSR count). The summed E-state index contributed by atoms with van der Waals surface area (Å²) in [5, 5.41) is 2.60. The van der Waals surface area contributed by atoms with E-state index in [9.17, 15) is 4.79 Å². The Balaban J connectivity index is 3.28. The van der Waals surface area contributed by atoms with Crippen LogP contribution in [0.1, 0.15) is 71.1 Å². The van der Waals surface area contributed by atoms with Gasteiger partial charge in [0.05, 0.1) is 0 Å². The molecule has 0 aromatic carbocycles. The average Bonchev–Trinajstić information content (AvgIpc) is 2.51. The van der Waals surface area contributed by atoms with Crippen LogP contribution in [0.2, 0.25) is 0 Å². The molecule has 124 valence electrons. The number of carbonyl (C=O) groups excluding carboxylic acids is 1. The third kappa shape index (κ3) is 16.5. The summed E-state index contributed by atoms with van der Waals surface area (Å²) < 4.78 is 0. The van der Waals surface area contributed by atoms with E-state index in [0.717, 1.165) is 32.1 Å². The molecule has 0 atom stereocenters. The van der Waals surface area contributed by atoms with E-state index < -0.39 is 0 Å². The van der Waals surface area contributed by atoms with Gasteiger partial charge in [0.15, 0.2) is 0 Å². The van der Waals surface area contributed by atoms with Gasteiger partial charge in [-0.15, -0.1) is 0 Å². The first kappa shape index (κ1) is 20.4. The minimum atomic E-state index is 0.0798. The molecule has 0 heterocycles. The van der Waals surface area contributed by atoms with Gasteiger partial charge in [-0.05, 0) is 44.7 Å². The molecular formula is C20H33NO. The Morgan fingerprint density at radius 3 is 2.14 bits per heavy atom. The second-order valence-corrected chi connectivity index (χ2v) is 5.37. The third-order valence-corrected chi connectivity index (χ3v) is 3.32. The van der Waals surface area contributed by atoms with Crippen LogP contribution in [0.5, 0.6) is 0 Å². The smallest absolute Gasteiger partial charge is 0.223 e. The maximum absolute atomic E-state index is 11.2. The second-order valence-electron chi connectivity index (χ2n) is 5.37. The van der Waals surface area contributed by atoms with Crippen LogP contribution in [0.15, 0.2) is 49.2 Å². The van der Waals surface area contributed by atoms with E-state index in [-0.39, 0.29) is 5.91 Å². The van der Waals surface area contributed by atoms with Gasteiger partial charge in [0.25, 0.3) is 0 Å². The molecule has 0 saturated carbocycles. The molecule has 0 fully saturated rings. The molecule has 0 unspecified atom stereocenters. The molecule has 0 aromatic rings. The lowest BCUT2D eigenvalue weighted by Crippen LogP contribution is -2.15. The van der Waals surface area contributed by atoms with Crippen LogP contribution in [0.25, 0.3) is 0 Å². The second kappa shape index (κ2) is 17.5. The van der Waals surface area contributed by atoms with Crippen molar-refractivity contribution in [2.75, 3.05) is 0 Å². The van der Waals surface area contributed by atoms with Gasteiger partial charge in [-0.3, -0.25) is 4.79 Å². The predicted octanol–water partition coefficient (Wildman–Crippen LogP) is 5.84. The van der Waals surface area contributed by atoms with E-state index in [0.29, 0.717) is 6.42 Å². The lowest BCUT2D eigenvalue weighted by molar-refractivity contribution is -0.120. The number of nitrogens with one attached hydrogen (secondary N) is 1. The van der Waals surface area contributed by atoms with Crippen molar-refractivity contribution in [3.05, 3.63) is 49.2 Å². The molecule has 0 aliphatic heterocycles. The van der Waals surface area contributed by atoms with E-state index in [2.05, 4.69) is 55.3 Å². The Kier molecular flexibility index (Phi) is 16.2. The molecule has 0 aliphatic rings. The number of hydrogen-bond donors (Lipinski definition) is 1. The van der Waals surface area contributed by atoms with Crippen LogP contribution in [-0.2, 0) is 4.79 Å². The highest BCUT2D eigenvalue weighted by molar-refractivity contribution is 5.76. The number of amides is 1. The Labute approximate surface area is 137 Å². The van der Waals surface area contributed by atoms with E-state index in [1.807, 2.05) is 0 Å². The van der Waals surface area contributed by atoms with Gasteiger partial charge in [0, 0.05) is 6.42 Å². The quantitative estimate of drug-likeness (QED) is 0.317. The fraction of sp³-hybridized carbons (Fsp3) is 0.550. The fourth-order valence-electron chi connectivity index (χ4n) is 2.09. The Hall–Kier alpha value is -1.57. The Morgan fingerprint density at radius 2 is 1.45 bits per heavy atom. The van der Waals surface area contributed by atoms with Gasteiger partial charge < -0.3 is 5.32 Å². The highest BCUT2D eigenvalue weighted by Crippen LogP contribution is 2.07. The predicted molar refractivity (Wildman–Crippen MR) is 97.6 cm³/mol. The highest BCUT2D eigenvalue weighted by Gasteiger charge is 1.97. The normalized spacial score (nSPS) is 11.7. The topological polar surface area (TPSA) is 29.1 Å². The van der Waals surface area contributed by atoms with Gasteiger partial charge in [-0.25, -0.2) is 0 Å². The molecule has 0 spiro atoms. The Morgan fingerprint density at radius 1 is 0.864 bits per heavy atom. The number of hydrogen-bond acceptors (Lipinski definition) is 1. The van der Waals surface area contributed by atoms with Crippen LogP contribution in [0.4, 0.5) is 0 Å². The summed E-state index contributed by atoms with van der Waals surface area (Å²) in [5.74, 6) is 0.0798. The summed E-state index contributed by atoms with van der Waals surface area (Å²) in [4.78, 5) is 11.2. The first-order valence-electron chi connectivity index (χ1n) is 8.66. The van der Waals surface area contributed by atoms with Gasteiger partial charge >= 0.3 is 0 Å². The largest absolute Gasteiger partial charge is 0.333 e. The molecule has 0 aromatic heterocycles. The lowest BCUT2D eigenvalue weighted by atomic mass is 10.1. The molecule has 0 aliphatic carbocycles. The summed E-state index contributed by atoms with van der Waals surface area (Å²) in [5.41, 5.74) is 0. The molecular weight excluding hydrogens is 270 g/mol. The standard InChI is InChI=1S/C20H33NO/c1-3-5-6-7-8-9-10-11-12-13-14-15-16-17-18-19-20(22)21-4-2/h4-6,8-9,11-12H,2-3,7,10,13-19H2,1H3,(H,21,22). The number of unbranched alkanes of at least 4 members (excludes halogenated alkanes) is 5. The van der Waals surface area contributed by atoms with Gasteiger partial charge in [-0.2, -0.15) is 0 Å². The lowest BCUT2D eigenvalue weighted by Gasteiger charge is -2.00. The Bertz CT molecular complexity index is 353. The third-order valence-electron chi connectivity index (χ3n) is 3.32. The van der Waals surface area contributed by atoms with Crippen molar-refractivity contribution in [1.29, 1.82) is 0 Å². The molecule has 0 radical (unpaired) electrons. The number of allylic oxidation sites excluding steroid dienone is 6. The summed E-state index contributed by atoms with van der Waals surface area (Å²) >= 11 is 0.